The van der Waals surface area contributed by atoms with Gasteiger partial charge in [0.2, 0.25) is 10.0 Å². The second-order valence-electron chi connectivity index (χ2n) is 4.73. The zero-order chi connectivity index (χ0) is 13.5. The number of hydrogen-bond donors (Lipinski definition) is 2. The highest BCUT2D eigenvalue weighted by Gasteiger charge is 2.34. The summed E-state index contributed by atoms with van der Waals surface area (Å²) < 4.78 is 26.1. The highest BCUT2D eigenvalue weighted by Crippen LogP contribution is 2.29. The average Bonchev–Trinajstić information content (AvgIpc) is 3.10. The van der Waals surface area contributed by atoms with Crippen LogP contribution in [-0.4, -0.2) is 46.0 Å². The van der Waals surface area contributed by atoms with Gasteiger partial charge in [-0.25, -0.2) is 13.4 Å². The normalized spacial score (nSPS) is 21.0. The number of rotatable bonds is 3. The molecule has 0 spiro atoms. The molecule has 0 aromatic carbocycles. The van der Waals surface area contributed by atoms with Crippen molar-refractivity contribution >= 4 is 10.0 Å². The van der Waals surface area contributed by atoms with Gasteiger partial charge in [-0.15, -0.1) is 0 Å². The van der Waals surface area contributed by atoms with Crippen LogP contribution in [0.2, 0.25) is 0 Å². The van der Waals surface area contributed by atoms with Gasteiger partial charge in [0.05, 0.1) is 6.20 Å². The van der Waals surface area contributed by atoms with Crippen LogP contribution in [0.5, 0.6) is 0 Å². The van der Waals surface area contributed by atoms with E-state index in [1.165, 1.54) is 16.7 Å². The summed E-state index contributed by atoms with van der Waals surface area (Å²) >= 11 is 0. The molecule has 0 unspecified atom stereocenters. The Bertz CT molecular complexity index is 661. The highest BCUT2D eigenvalue weighted by molar-refractivity contribution is 7.89. The first-order chi connectivity index (χ1) is 9.07. The lowest BCUT2D eigenvalue weighted by molar-refractivity contribution is 0.471. The molecule has 0 aliphatic carbocycles. The van der Waals surface area contributed by atoms with Crippen LogP contribution >= 0.6 is 0 Å². The van der Waals surface area contributed by atoms with Crippen molar-refractivity contribution < 1.29 is 8.42 Å². The lowest BCUT2D eigenvalue weighted by atomic mass is 10.1. The molecule has 7 nitrogen and oxygen atoms in total. The van der Waals surface area contributed by atoms with Crippen molar-refractivity contribution in [1.82, 2.24) is 24.5 Å². The van der Waals surface area contributed by atoms with E-state index in [-0.39, 0.29) is 10.8 Å². The molecule has 19 heavy (non-hydrogen) atoms. The summed E-state index contributed by atoms with van der Waals surface area (Å²) in [5.74, 6) is 0.998. The van der Waals surface area contributed by atoms with Crippen molar-refractivity contribution in [2.75, 3.05) is 13.1 Å². The molecule has 1 atom stereocenters. The van der Waals surface area contributed by atoms with Gasteiger partial charge in [-0.1, -0.05) is 0 Å². The number of aromatic amines is 2. The summed E-state index contributed by atoms with van der Waals surface area (Å²) in [5, 5.41) is 6.22. The smallest absolute Gasteiger partial charge is 0.246 e. The minimum absolute atomic E-state index is 0.135. The van der Waals surface area contributed by atoms with Crippen LogP contribution in [0, 0.1) is 6.92 Å². The third-order valence-electron chi connectivity index (χ3n) is 3.37. The third kappa shape index (κ3) is 2.17. The Kier molecular flexibility index (Phi) is 2.90. The van der Waals surface area contributed by atoms with Gasteiger partial charge < -0.3 is 4.98 Å². The molecule has 0 saturated carbocycles. The SMILES string of the molecule is Cc1cnc([C@H]2CCN(S(=O)(=O)c3cn[nH]c3)C2)[nH]1. The van der Waals surface area contributed by atoms with Crippen LogP contribution in [0.3, 0.4) is 0 Å². The minimum Gasteiger partial charge on any atom is -0.346 e. The monoisotopic (exact) mass is 281 g/mol. The molecule has 0 radical (unpaired) electrons. The molecular weight excluding hydrogens is 266 g/mol. The molecule has 1 aliphatic rings. The first kappa shape index (κ1) is 12.4. The summed E-state index contributed by atoms with van der Waals surface area (Å²) in [6.07, 6.45) is 5.28. The second kappa shape index (κ2) is 4.46. The van der Waals surface area contributed by atoms with Crippen molar-refractivity contribution in [3.8, 4) is 0 Å². The largest absolute Gasteiger partial charge is 0.346 e. The van der Waals surface area contributed by atoms with E-state index >= 15 is 0 Å². The Balaban J connectivity index is 1.79. The molecule has 2 aromatic rings. The Hall–Kier alpha value is -1.67. The maximum Gasteiger partial charge on any atom is 0.246 e. The predicted molar refractivity (Wildman–Crippen MR) is 68.0 cm³/mol. The summed E-state index contributed by atoms with van der Waals surface area (Å²) in [6.45, 7) is 2.91. The van der Waals surface area contributed by atoms with Crippen molar-refractivity contribution in [2.24, 2.45) is 0 Å². The van der Waals surface area contributed by atoms with E-state index in [1.54, 1.807) is 6.20 Å². The van der Waals surface area contributed by atoms with E-state index in [9.17, 15) is 8.42 Å². The molecule has 2 N–H and O–H groups in total. The van der Waals surface area contributed by atoms with E-state index in [1.807, 2.05) is 6.92 Å². The van der Waals surface area contributed by atoms with Crippen molar-refractivity contribution in [2.45, 2.75) is 24.2 Å². The molecule has 3 rings (SSSR count). The number of H-pyrrole nitrogens is 2. The fourth-order valence-electron chi connectivity index (χ4n) is 2.34. The molecule has 2 aromatic heterocycles. The Morgan fingerprint density at radius 1 is 1.42 bits per heavy atom. The van der Waals surface area contributed by atoms with E-state index in [0.29, 0.717) is 13.1 Å². The van der Waals surface area contributed by atoms with Crippen LogP contribution < -0.4 is 0 Å². The van der Waals surface area contributed by atoms with E-state index in [2.05, 4.69) is 20.2 Å². The molecule has 102 valence electrons. The van der Waals surface area contributed by atoms with E-state index in [0.717, 1.165) is 17.9 Å². The fourth-order valence-corrected chi connectivity index (χ4v) is 3.75. The number of hydrogen-bond acceptors (Lipinski definition) is 4. The van der Waals surface area contributed by atoms with E-state index in [4.69, 9.17) is 0 Å². The zero-order valence-electron chi connectivity index (χ0n) is 10.5. The van der Waals surface area contributed by atoms with Gasteiger partial charge in [-0.05, 0) is 13.3 Å². The van der Waals surface area contributed by atoms with Crippen molar-refractivity contribution in [3.05, 3.63) is 30.1 Å². The predicted octanol–water partition coefficient (Wildman–Crippen LogP) is 0.619. The quantitative estimate of drug-likeness (QED) is 0.862. The van der Waals surface area contributed by atoms with Gasteiger partial charge in [0.15, 0.2) is 0 Å². The fraction of sp³-hybridized carbons (Fsp3) is 0.455. The van der Waals surface area contributed by atoms with Crippen LogP contribution in [0.25, 0.3) is 0 Å². The number of sulfonamides is 1. The number of aromatic nitrogens is 4. The Morgan fingerprint density at radius 2 is 2.26 bits per heavy atom. The summed E-state index contributed by atoms with van der Waals surface area (Å²) in [6, 6.07) is 0. The van der Waals surface area contributed by atoms with Gasteiger partial charge in [0, 0.05) is 37.1 Å². The van der Waals surface area contributed by atoms with Crippen molar-refractivity contribution in [1.29, 1.82) is 0 Å². The molecule has 1 saturated heterocycles. The molecule has 0 bridgehead atoms. The van der Waals surface area contributed by atoms with Crippen LogP contribution in [0.1, 0.15) is 23.9 Å². The summed E-state index contributed by atoms with van der Waals surface area (Å²) in [7, 11) is -3.43. The number of nitrogens with zero attached hydrogens (tertiary/aromatic N) is 3. The molecule has 1 aliphatic heterocycles. The van der Waals surface area contributed by atoms with Gasteiger partial charge in [0.25, 0.3) is 0 Å². The first-order valence-electron chi connectivity index (χ1n) is 6.08. The average molecular weight is 281 g/mol. The number of imidazole rings is 1. The lowest BCUT2D eigenvalue weighted by Crippen LogP contribution is -2.28. The Labute approximate surface area is 111 Å². The van der Waals surface area contributed by atoms with Crippen molar-refractivity contribution in [3.63, 3.8) is 0 Å². The van der Waals surface area contributed by atoms with E-state index < -0.39 is 10.0 Å². The number of aryl methyl sites for hydroxylation is 1. The van der Waals surface area contributed by atoms with Crippen LogP contribution in [-0.2, 0) is 10.0 Å². The minimum atomic E-state index is -3.43. The molecule has 1 fully saturated rings. The Morgan fingerprint density at radius 3 is 2.89 bits per heavy atom. The van der Waals surface area contributed by atoms with Gasteiger partial charge in [0.1, 0.15) is 10.7 Å². The number of nitrogens with one attached hydrogen (secondary N) is 2. The maximum absolute atomic E-state index is 12.3. The standard InChI is InChI=1S/C11H15N5O2S/c1-8-4-12-11(15-8)9-2-3-16(7-9)19(17,18)10-5-13-14-6-10/h4-6,9H,2-3,7H2,1H3,(H,12,15)(H,13,14)/t9-/m0/s1. The zero-order valence-corrected chi connectivity index (χ0v) is 11.3. The van der Waals surface area contributed by atoms with Gasteiger partial charge in [-0.3, -0.25) is 5.10 Å². The highest BCUT2D eigenvalue weighted by atomic mass is 32.2. The molecule has 3 heterocycles. The molecule has 0 amide bonds. The summed E-state index contributed by atoms with van der Waals surface area (Å²) in [4.78, 5) is 7.67. The summed E-state index contributed by atoms with van der Waals surface area (Å²) in [5.41, 5.74) is 0.992. The molecule has 8 heteroatoms. The third-order valence-corrected chi connectivity index (χ3v) is 5.20. The second-order valence-corrected chi connectivity index (χ2v) is 6.67. The maximum atomic E-state index is 12.3. The van der Waals surface area contributed by atoms with Crippen LogP contribution in [0.15, 0.2) is 23.5 Å². The topological polar surface area (TPSA) is 94.7 Å². The van der Waals surface area contributed by atoms with Gasteiger partial charge >= 0.3 is 0 Å². The first-order valence-corrected chi connectivity index (χ1v) is 7.52. The van der Waals surface area contributed by atoms with Gasteiger partial charge in [-0.2, -0.15) is 9.40 Å². The molecular formula is C11H15N5O2S. The lowest BCUT2D eigenvalue weighted by Gasteiger charge is -2.14. The van der Waals surface area contributed by atoms with Crippen LogP contribution in [0.4, 0.5) is 0 Å².